The fourth-order valence-corrected chi connectivity index (χ4v) is 8.88. The largest absolute Gasteiger partial charge is 0.472 e. The van der Waals surface area contributed by atoms with Crippen LogP contribution in [0.4, 0.5) is 11.8 Å². The molecule has 7 N–H and O–H groups in total. The number of hydrogen-bond acceptors (Lipinski definition) is 17. The molecule has 10 unspecified atom stereocenters. The van der Waals surface area contributed by atoms with Crippen molar-refractivity contribution in [2.75, 3.05) is 24.7 Å². The number of nitrogen functional groups attached to an aromatic ring is 2. The van der Waals surface area contributed by atoms with Crippen LogP contribution in [0.5, 0.6) is 0 Å². The van der Waals surface area contributed by atoms with Gasteiger partial charge in [-0.1, -0.05) is 0 Å². The zero-order chi connectivity index (χ0) is 32.2. The predicted octanol–water partition coefficient (Wildman–Crippen LogP) is -1.28. The number of aliphatic hydroxyl groups is 1. The van der Waals surface area contributed by atoms with E-state index in [2.05, 4.69) is 29.9 Å². The highest BCUT2D eigenvalue weighted by molar-refractivity contribution is 7.79. The average Bonchev–Trinajstić information content (AvgIpc) is 3.80. The van der Waals surface area contributed by atoms with Gasteiger partial charge in [0, 0.05) is 5.92 Å². The lowest BCUT2D eigenvalue weighted by molar-refractivity contribution is -0.135. The van der Waals surface area contributed by atoms with E-state index in [-0.39, 0.29) is 29.5 Å². The summed E-state index contributed by atoms with van der Waals surface area (Å²) in [6.45, 7) is -1.03. The Labute approximate surface area is 258 Å². The van der Waals surface area contributed by atoms with E-state index in [0.29, 0.717) is 24.0 Å². The number of nitrogens with two attached hydrogens (primary N) is 2. The van der Waals surface area contributed by atoms with Crippen molar-refractivity contribution in [2.45, 2.75) is 55.3 Å². The van der Waals surface area contributed by atoms with Crippen molar-refractivity contribution < 1.29 is 46.7 Å². The van der Waals surface area contributed by atoms with E-state index in [1.165, 1.54) is 31.1 Å². The van der Waals surface area contributed by atoms with Gasteiger partial charge in [0.15, 0.2) is 28.9 Å². The molecule has 244 valence electrons. The summed E-state index contributed by atoms with van der Waals surface area (Å²) in [7, 11) is -7.69. The molecule has 24 heteroatoms. The topological polar surface area (TPSA) is 289 Å². The van der Waals surface area contributed by atoms with E-state index in [1.807, 2.05) is 0 Å². The standard InChI is InChI=1S/C22H27BN10O11P2/c23-45(36)40-4-22-2-1-8(19(42-22)32-6-28-10-15(24)26-5-27-16(10)32)14(22)44-46(37,38)39-3-9-12(34)13(43-45)20(41-9)33-7-29-11-17(33)30-21(25)31-18(11)35/h5-9,12-14,19-20,34H,1-4,23H2,(H,37,38)(H2,24,26,27)(H3,25,30,31,35). The van der Waals surface area contributed by atoms with E-state index < -0.39 is 75.9 Å². The summed E-state index contributed by atoms with van der Waals surface area (Å²) in [5.41, 5.74) is 10.3. The van der Waals surface area contributed by atoms with Gasteiger partial charge in [0.2, 0.25) is 5.95 Å². The molecule has 4 bridgehead atoms. The number of aliphatic hydroxyl groups excluding tert-OH is 1. The average molecular weight is 680 g/mol. The van der Waals surface area contributed by atoms with Crippen LogP contribution >= 0.6 is 15.3 Å². The minimum Gasteiger partial charge on any atom is -0.387 e. The van der Waals surface area contributed by atoms with Crippen LogP contribution in [0.3, 0.4) is 0 Å². The van der Waals surface area contributed by atoms with E-state index in [0.717, 1.165) is 0 Å². The van der Waals surface area contributed by atoms with Crippen molar-refractivity contribution in [3.05, 3.63) is 29.3 Å². The van der Waals surface area contributed by atoms with Crippen molar-refractivity contribution in [1.82, 2.24) is 39.0 Å². The van der Waals surface area contributed by atoms with Crippen LogP contribution in [-0.2, 0) is 36.7 Å². The summed E-state index contributed by atoms with van der Waals surface area (Å²) in [6.07, 6.45) is -2.66. The molecule has 3 saturated heterocycles. The first-order valence-corrected chi connectivity index (χ1v) is 17.6. The van der Waals surface area contributed by atoms with Crippen LogP contribution in [0.25, 0.3) is 22.3 Å². The number of nitrogens with zero attached hydrogens (tertiary/aromatic N) is 7. The Morgan fingerprint density at radius 2 is 1.80 bits per heavy atom. The second kappa shape index (κ2) is 10.4. The van der Waals surface area contributed by atoms with Crippen LogP contribution in [0.1, 0.15) is 25.3 Å². The maximum atomic E-state index is 13.9. The third kappa shape index (κ3) is 4.71. The smallest absolute Gasteiger partial charge is 0.387 e. The molecule has 4 aromatic rings. The first kappa shape index (κ1) is 30.1. The second-order valence-electron chi connectivity index (χ2n) is 11.6. The Morgan fingerprint density at radius 3 is 2.61 bits per heavy atom. The predicted molar refractivity (Wildman–Crippen MR) is 155 cm³/mol. The summed E-state index contributed by atoms with van der Waals surface area (Å²) in [4.78, 5) is 46.3. The molecule has 8 rings (SSSR count). The number of aromatic nitrogens is 8. The van der Waals surface area contributed by atoms with Crippen LogP contribution in [-0.4, -0.2) is 99.8 Å². The third-order valence-corrected chi connectivity index (χ3v) is 10.9. The summed E-state index contributed by atoms with van der Waals surface area (Å²) in [6, 6.07) is 0. The van der Waals surface area contributed by atoms with Crippen molar-refractivity contribution in [2.24, 2.45) is 5.92 Å². The molecular weight excluding hydrogens is 653 g/mol. The SMILES string of the molecule is BP1(=O)OCC23CCC(C(n4cnc5c(N)ncnc54)O2)C3OP(=O)(O)OCC2OC(n3cnc4c(=O)[nH]c(N)nc43)C(O1)C2O. The third-order valence-electron chi connectivity index (χ3n) is 8.73. The number of aromatic amines is 1. The number of phosphoric acid groups is 1. The van der Waals surface area contributed by atoms with Gasteiger partial charge >= 0.3 is 7.82 Å². The van der Waals surface area contributed by atoms with Crippen molar-refractivity contribution in [3.8, 4) is 0 Å². The fraction of sp³-hybridized carbons (Fsp3) is 0.545. The number of H-pyrrole nitrogens is 1. The lowest BCUT2D eigenvalue weighted by atomic mass is 10.0. The van der Waals surface area contributed by atoms with E-state index in [1.54, 1.807) is 4.57 Å². The van der Waals surface area contributed by atoms with Gasteiger partial charge in [-0.3, -0.25) is 32.5 Å². The Balaban J connectivity index is 1.14. The molecule has 21 nitrogen and oxygen atoms in total. The highest BCUT2D eigenvalue weighted by Crippen LogP contribution is 2.61. The molecule has 0 amide bonds. The maximum Gasteiger partial charge on any atom is 0.472 e. The maximum absolute atomic E-state index is 13.9. The van der Waals surface area contributed by atoms with Gasteiger partial charge in [-0.15, -0.1) is 0 Å². The van der Waals surface area contributed by atoms with E-state index in [9.17, 15) is 23.9 Å². The molecule has 3 aliphatic heterocycles. The van der Waals surface area contributed by atoms with Gasteiger partial charge in [0.1, 0.15) is 48.1 Å². The number of ether oxygens (including phenoxy) is 2. The summed E-state index contributed by atoms with van der Waals surface area (Å²) in [5, 5.41) is 11.2. The Bertz CT molecular complexity index is 2030. The normalized spacial score (nSPS) is 39.7. The van der Waals surface area contributed by atoms with Gasteiger partial charge < -0.3 is 40.0 Å². The van der Waals surface area contributed by atoms with Crippen molar-refractivity contribution in [3.63, 3.8) is 0 Å². The summed E-state index contributed by atoms with van der Waals surface area (Å²) < 4.78 is 65.5. The molecule has 10 atom stereocenters. The first-order chi connectivity index (χ1) is 21.8. The van der Waals surface area contributed by atoms with Crippen LogP contribution < -0.4 is 17.0 Å². The molecule has 0 aromatic carbocycles. The van der Waals surface area contributed by atoms with E-state index in [4.69, 9.17) is 39.0 Å². The number of nitrogens with one attached hydrogen (secondary N) is 1. The highest BCUT2D eigenvalue weighted by atomic mass is 31.2. The number of fused-ring (bicyclic) bond motifs is 4. The lowest BCUT2D eigenvalue weighted by Crippen LogP contribution is -2.42. The lowest BCUT2D eigenvalue weighted by Gasteiger charge is -2.34. The molecule has 46 heavy (non-hydrogen) atoms. The Kier molecular flexibility index (Phi) is 6.77. The molecule has 4 fully saturated rings. The number of phosphoric ester groups is 1. The second-order valence-corrected chi connectivity index (χ2v) is 15.0. The Hall–Kier alpha value is -3.30. The number of imidazole rings is 2. The van der Waals surface area contributed by atoms with Gasteiger partial charge in [0.25, 0.3) is 20.6 Å². The molecule has 4 aromatic heterocycles. The molecule has 7 heterocycles. The first-order valence-electron chi connectivity index (χ1n) is 14.1. The molecule has 0 radical (unpaired) electrons. The molecule has 4 aliphatic rings. The molecule has 1 aliphatic carbocycles. The van der Waals surface area contributed by atoms with Gasteiger partial charge in [-0.2, -0.15) is 4.98 Å². The van der Waals surface area contributed by atoms with E-state index >= 15 is 0 Å². The number of anilines is 2. The summed E-state index contributed by atoms with van der Waals surface area (Å²) in [5.74, 6) is -0.557. The van der Waals surface area contributed by atoms with Gasteiger partial charge in [-0.05, 0) is 12.8 Å². The highest BCUT2D eigenvalue weighted by Gasteiger charge is 2.64. The number of rotatable bonds is 2. The van der Waals surface area contributed by atoms with Crippen LogP contribution in [0, 0.1) is 5.92 Å². The summed E-state index contributed by atoms with van der Waals surface area (Å²) >= 11 is 0. The minimum absolute atomic E-state index is 0.0130. The zero-order valence-corrected chi connectivity index (χ0v) is 25.6. The van der Waals surface area contributed by atoms with Gasteiger partial charge in [0.05, 0.1) is 25.9 Å². The van der Waals surface area contributed by atoms with Gasteiger partial charge in [-0.25, -0.2) is 24.5 Å². The number of hydrogen-bond donors (Lipinski definition) is 5. The zero-order valence-electron chi connectivity index (χ0n) is 23.9. The monoisotopic (exact) mass is 680 g/mol. The van der Waals surface area contributed by atoms with Crippen molar-refractivity contribution in [1.29, 1.82) is 0 Å². The van der Waals surface area contributed by atoms with Crippen LogP contribution in [0.15, 0.2) is 23.8 Å². The molecule has 0 spiro atoms. The molecular formula is C22H27BN10O11P2. The van der Waals surface area contributed by atoms with Crippen LogP contribution in [0.2, 0.25) is 0 Å². The Morgan fingerprint density at radius 1 is 1.04 bits per heavy atom. The quantitative estimate of drug-likeness (QED) is 0.122. The molecule has 1 saturated carbocycles. The van der Waals surface area contributed by atoms with Crippen molar-refractivity contribution >= 4 is 57.0 Å². The fourth-order valence-electron chi connectivity index (χ4n) is 6.66. The minimum atomic E-state index is -4.85.